The zero-order valence-electron chi connectivity index (χ0n) is 21.5. The highest BCUT2D eigenvalue weighted by Crippen LogP contribution is 2.40. The minimum absolute atomic E-state index is 0.0665. The minimum atomic E-state index is -1.02. The number of aliphatic hydroxyl groups is 1. The summed E-state index contributed by atoms with van der Waals surface area (Å²) in [6.07, 6.45) is -0.0665. The summed E-state index contributed by atoms with van der Waals surface area (Å²) in [5.74, 6) is -2.44. The third-order valence-corrected chi connectivity index (χ3v) is 7.94. The molecule has 4 aromatic rings. The lowest BCUT2D eigenvalue weighted by Crippen LogP contribution is -2.14. The Hall–Kier alpha value is -4.03. The van der Waals surface area contributed by atoms with Gasteiger partial charge in [-0.2, -0.15) is 0 Å². The van der Waals surface area contributed by atoms with E-state index in [0.717, 1.165) is 21.0 Å². The van der Waals surface area contributed by atoms with Gasteiger partial charge in [-0.1, -0.05) is 12.1 Å². The number of ether oxygens (including phenoxy) is 1. The Morgan fingerprint density at radius 1 is 1.13 bits per heavy atom. The number of aliphatic hydroxyl groups excluding tert-OH is 1. The molecule has 0 saturated carbocycles. The molecule has 0 unspecified atom stereocenters. The summed E-state index contributed by atoms with van der Waals surface area (Å²) in [4.78, 5) is 19.3. The fourth-order valence-electron chi connectivity index (χ4n) is 4.68. The van der Waals surface area contributed by atoms with Crippen molar-refractivity contribution in [1.29, 1.82) is 0 Å². The monoisotopic (exact) mass is 555 g/mol. The van der Waals surface area contributed by atoms with Crippen LogP contribution in [0.4, 0.5) is 24.5 Å². The van der Waals surface area contributed by atoms with Crippen molar-refractivity contribution >= 4 is 34.4 Å². The summed E-state index contributed by atoms with van der Waals surface area (Å²) in [5, 5.41) is 19.3. The number of methoxy groups -OCH3 is 1. The molecule has 0 bridgehead atoms. The van der Waals surface area contributed by atoms with Crippen LogP contribution < -0.4 is 4.90 Å². The van der Waals surface area contributed by atoms with E-state index < -0.39 is 29.5 Å². The van der Waals surface area contributed by atoms with Gasteiger partial charge in [0.25, 0.3) is 0 Å². The van der Waals surface area contributed by atoms with Gasteiger partial charge in [0.15, 0.2) is 17.5 Å². The van der Waals surface area contributed by atoms with Crippen molar-refractivity contribution < 1.29 is 27.8 Å². The number of hydrogen-bond acceptors (Lipinski definition) is 8. The maximum Gasteiger partial charge on any atom is 0.308 e. The molecule has 0 radical (unpaired) electrons. The first-order chi connectivity index (χ1) is 18.6. The minimum Gasteiger partial charge on any atom is -0.469 e. The second kappa shape index (κ2) is 10.3. The predicted molar refractivity (Wildman–Crippen MR) is 140 cm³/mol. The molecule has 202 valence electrons. The Kier molecular flexibility index (Phi) is 7.00. The Balaban J connectivity index is 1.64. The van der Waals surface area contributed by atoms with Crippen LogP contribution in [0.1, 0.15) is 45.7 Å². The average molecular weight is 556 g/mol. The van der Waals surface area contributed by atoms with Crippen LogP contribution in [0.2, 0.25) is 0 Å². The Morgan fingerprint density at radius 3 is 2.41 bits per heavy atom. The lowest BCUT2D eigenvalue weighted by Gasteiger charge is -2.21. The smallest absolute Gasteiger partial charge is 0.308 e. The molecule has 12 heteroatoms. The van der Waals surface area contributed by atoms with E-state index in [9.17, 15) is 23.1 Å². The van der Waals surface area contributed by atoms with Gasteiger partial charge in [0, 0.05) is 40.9 Å². The van der Waals surface area contributed by atoms with E-state index in [1.165, 1.54) is 30.4 Å². The van der Waals surface area contributed by atoms with Gasteiger partial charge in [-0.15, -0.1) is 21.5 Å². The number of thiophene rings is 1. The highest BCUT2D eigenvalue weighted by Gasteiger charge is 2.33. The van der Waals surface area contributed by atoms with E-state index in [0.29, 0.717) is 40.7 Å². The van der Waals surface area contributed by atoms with E-state index in [-0.39, 0.29) is 18.7 Å². The molecular weight excluding hydrogens is 531 g/mol. The third kappa shape index (κ3) is 4.59. The first kappa shape index (κ1) is 26.6. The maximum absolute atomic E-state index is 14.4. The van der Waals surface area contributed by atoms with E-state index >= 15 is 0 Å². The van der Waals surface area contributed by atoms with Gasteiger partial charge in [-0.3, -0.25) is 14.4 Å². The summed E-state index contributed by atoms with van der Waals surface area (Å²) in [7, 11) is 2.78. The summed E-state index contributed by atoms with van der Waals surface area (Å²) >= 11 is 1.39. The van der Waals surface area contributed by atoms with Crippen molar-refractivity contribution in [3.8, 4) is 5.00 Å². The van der Waals surface area contributed by atoms with Gasteiger partial charge in [-0.25, -0.2) is 13.2 Å². The molecule has 5 rings (SSSR count). The van der Waals surface area contributed by atoms with E-state index in [4.69, 9.17) is 9.73 Å². The van der Waals surface area contributed by atoms with E-state index in [2.05, 4.69) is 10.2 Å². The number of hydrogen-bond donors (Lipinski definition) is 1. The molecule has 0 fully saturated rings. The number of halogens is 3. The highest BCUT2D eigenvalue weighted by atomic mass is 32.1. The number of aromatic nitrogens is 3. The van der Waals surface area contributed by atoms with Crippen LogP contribution in [0.3, 0.4) is 0 Å². The number of rotatable bonds is 6. The fraction of sp³-hybridized carbons (Fsp3) is 0.259. The molecule has 2 aromatic heterocycles. The molecular formula is C27H24F3N5O3S. The Labute approximate surface area is 226 Å². The number of carbonyl (C=O) groups excluding carboxylic acids is 1. The lowest BCUT2D eigenvalue weighted by atomic mass is 9.99. The van der Waals surface area contributed by atoms with Gasteiger partial charge in [0.1, 0.15) is 28.4 Å². The van der Waals surface area contributed by atoms with Crippen LogP contribution in [0.5, 0.6) is 0 Å². The molecule has 0 saturated heterocycles. The molecule has 3 heterocycles. The molecule has 0 spiro atoms. The second-order valence-electron chi connectivity index (χ2n) is 9.03. The SMILES string of the molecule is COC(=O)C[C@@H]1N=C(c2ccc(N(C)c3c(F)cc(F)cc3F)cc2)c2c(sc(CO)c2C)-n2c(C)nnc21. The fourth-order valence-corrected chi connectivity index (χ4v) is 5.90. The Morgan fingerprint density at radius 2 is 1.79 bits per heavy atom. The van der Waals surface area contributed by atoms with Crippen molar-refractivity contribution in [3.05, 3.63) is 87.1 Å². The first-order valence-corrected chi connectivity index (χ1v) is 12.7. The van der Waals surface area contributed by atoms with Crippen molar-refractivity contribution in [1.82, 2.24) is 14.8 Å². The zero-order valence-corrected chi connectivity index (χ0v) is 22.3. The number of benzene rings is 2. The standard InChI is InChI=1S/C27H24F3N5O3S/c1-13-21(12-36)39-27-23(13)24(31-20(11-22(37)38-4)26-33-32-14(2)35(26)27)15-5-7-17(8-6-15)34(3)25-18(29)9-16(28)10-19(25)30/h5-10,20,36H,11-12H2,1-4H3/t20-/m0/s1. The number of esters is 1. The van der Waals surface area contributed by atoms with Gasteiger partial charge >= 0.3 is 5.97 Å². The third-order valence-electron chi connectivity index (χ3n) is 6.68. The number of fused-ring (bicyclic) bond motifs is 3. The quantitative estimate of drug-likeness (QED) is 0.334. The van der Waals surface area contributed by atoms with Crippen LogP contribution >= 0.6 is 11.3 Å². The average Bonchev–Trinajstić information content (AvgIpc) is 3.40. The summed E-state index contributed by atoms with van der Waals surface area (Å²) < 4.78 is 49.0. The van der Waals surface area contributed by atoms with Crippen molar-refractivity contribution in [2.24, 2.45) is 4.99 Å². The van der Waals surface area contributed by atoms with Gasteiger partial charge in [0.05, 0.1) is 25.8 Å². The predicted octanol–water partition coefficient (Wildman–Crippen LogP) is 5.08. The topological polar surface area (TPSA) is 92.8 Å². The van der Waals surface area contributed by atoms with Gasteiger partial charge < -0.3 is 14.7 Å². The van der Waals surface area contributed by atoms with Crippen LogP contribution in [-0.2, 0) is 16.1 Å². The number of aryl methyl sites for hydroxylation is 1. The molecule has 1 aliphatic heterocycles. The van der Waals surface area contributed by atoms with Crippen molar-refractivity contribution in [3.63, 3.8) is 0 Å². The number of anilines is 2. The van der Waals surface area contributed by atoms with E-state index in [1.54, 1.807) is 31.2 Å². The summed E-state index contributed by atoms with van der Waals surface area (Å²) in [5.41, 5.74) is 2.89. The molecule has 39 heavy (non-hydrogen) atoms. The van der Waals surface area contributed by atoms with Crippen molar-refractivity contribution in [2.45, 2.75) is 32.9 Å². The van der Waals surface area contributed by atoms with Crippen LogP contribution in [0.25, 0.3) is 5.00 Å². The van der Waals surface area contributed by atoms with Crippen LogP contribution in [-0.4, -0.2) is 45.7 Å². The second-order valence-corrected chi connectivity index (χ2v) is 10.1. The zero-order chi connectivity index (χ0) is 28.0. The molecule has 1 atom stereocenters. The highest BCUT2D eigenvalue weighted by molar-refractivity contribution is 7.15. The molecule has 1 N–H and O–H groups in total. The largest absolute Gasteiger partial charge is 0.469 e. The molecule has 1 aliphatic rings. The molecule has 2 aromatic carbocycles. The number of aliphatic imine (C=N–C) groups is 1. The summed E-state index contributed by atoms with van der Waals surface area (Å²) in [6, 6.07) is 7.39. The van der Waals surface area contributed by atoms with Crippen LogP contribution in [0.15, 0.2) is 41.4 Å². The maximum atomic E-state index is 14.4. The molecule has 0 amide bonds. The normalized spacial score (nSPS) is 14.4. The first-order valence-electron chi connectivity index (χ1n) is 11.9. The summed E-state index contributed by atoms with van der Waals surface area (Å²) in [6.45, 7) is 3.52. The van der Waals surface area contributed by atoms with Gasteiger partial charge in [-0.05, 0) is 31.5 Å². The Bertz CT molecular complexity index is 1590. The lowest BCUT2D eigenvalue weighted by molar-refractivity contribution is -0.141. The van der Waals surface area contributed by atoms with E-state index in [1.807, 2.05) is 11.5 Å². The number of carbonyl (C=O) groups is 1. The molecule has 0 aliphatic carbocycles. The van der Waals surface area contributed by atoms with Gasteiger partial charge in [0.2, 0.25) is 0 Å². The van der Waals surface area contributed by atoms with Crippen molar-refractivity contribution in [2.75, 3.05) is 19.1 Å². The van der Waals surface area contributed by atoms with Crippen LogP contribution in [0, 0.1) is 31.3 Å². The molecule has 8 nitrogen and oxygen atoms in total. The number of nitrogens with zero attached hydrogens (tertiary/aromatic N) is 5.